The first-order chi connectivity index (χ1) is 13.2. The smallest absolute Gasteiger partial charge is 0.196 e. The van der Waals surface area contributed by atoms with E-state index >= 15 is 0 Å². The third-order valence-corrected chi connectivity index (χ3v) is 5.05. The number of para-hydroxylation sites is 1. The molecule has 2 heterocycles. The number of aromatic nitrogens is 2. The maximum absolute atomic E-state index is 5.28. The summed E-state index contributed by atoms with van der Waals surface area (Å²) in [6, 6.07) is 22.3. The van der Waals surface area contributed by atoms with E-state index in [-0.39, 0.29) is 0 Å². The molecular weight excluding hydrogens is 354 g/mol. The van der Waals surface area contributed by atoms with Gasteiger partial charge in [-0.2, -0.15) is 0 Å². The molecule has 0 amide bonds. The van der Waals surface area contributed by atoms with Crippen molar-refractivity contribution < 1.29 is 4.74 Å². The monoisotopic (exact) mass is 373 g/mol. The molecule has 0 aliphatic heterocycles. The molecule has 0 unspecified atom stereocenters. The van der Waals surface area contributed by atoms with Gasteiger partial charge in [0, 0.05) is 17.3 Å². The van der Waals surface area contributed by atoms with E-state index in [2.05, 4.69) is 39.2 Å². The minimum absolute atomic E-state index is 0.711. The Hall–Kier alpha value is -3.18. The third kappa shape index (κ3) is 3.68. The molecule has 0 saturated heterocycles. The summed E-state index contributed by atoms with van der Waals surface area (Å²) in [4.78, 5) is 10.1. The van der Waals surface area contributed by atoms with E-state index in [1.165, 1.54) is 0 Å². The first-order valence-corrected chi connectivity index (χ1v) is 9.50. The second kappa shape index (κ2) is 7.60. The summed E-state index contributed by atoms with van der Waals surface area (Å²) < 4.78 is 7.45. The minimum Gasteiger partial charge on any atom is -0.497 e. The van der Waals surface area contributed by atoms with Gasteiger partial charge in [-0.3, -0.25) is 4.57 Å². The van der Waals surface area contributed by atoms with Crippen molar-refractivity contribution in [2.24, 2.45) is 4.99 Å². The van der Waals surface area contributed by atoms with E-state index < -0.39 is 0 Å². The van der Waals surface area contributed by atoms with Crippen LogP contribution in [0.1, 0.15) is 5.56 Å². The minimum atomic E-state index is 0.711. The lowest BCUT2D eigenvalue weighted by atomic mass is 10.1. The molecule has 0 saturated carbocycles. The lowest BCUT2D eigenvalue weighted by molar-refractivity contribution is 0.415. The number of nitrogens with zero attached hydrogens (tertiary/aromatic N) is 3. The summed E-state index contributed by atoms with van der Waals surface area (Å²) in [5, 5.41) is 2.13. The first-order valence-electron chi connectivity index (χ1n) is 8.62. The fourth-order valence-corrected chi connectivity index (χ4v) is 3.77. The molecule has 134 valence electrons. The summed E-state index contributed by atoms with van der Waals surface area (Å²) in [6.45, 7) is 2.04. The summed E-state index contributed by atoms with van der Waals surface area (Å²) in [6.07, 6.45) is 1.79. The second-order valence-electron chi connectivity index (χ2n) is 6.11. The normalized spacial score (nSPS) is 11.6. The van der Waals surface area contributed by atoms with Crippen LogP contribution in [0.2, 0.25) is 0 Å². The summed E-state index contributed by atoms with van der Waals surface area (Å²) in [5.74, 6) is 1.55. The lowest BCUT2D eigenvalue weighted by Gasteiger charge is -2.10. The Morgan fingerprint density at radius 2 is 1.78 bits per heavy atom. The lowest BCUT2D eigenvalue weighted by Crippen LogP contribution is -2.13. The predicted octanol–water partition coefficient (Wildman–Crippen LogP) is 5.15. The number of hydrogen-bond acceptors (Lipinski definition) is 4. The zero-order valence-electron chi connectivity index (χ0n) is 15.2. The average molecular weight is 373 g/mol. The largest absolute Gasteiger partial charge is 0.497 e. The van der Waals surface area contributed by atoms with Gasteiger partial charge >= 0.3 is 0 Å². The third-order valence-electron chi connectivity index (χ3n) is 4.22. The van der Waals surface area contributed by atoms with Gasteiger partial charge in [-0.15, -0.1) is 11.3 Å². The van der Waals surface area contributed by atoms with Crippen molar-refractivity contribution in [2.45, 2.75) is 6.92 Å². The molecule has 0 bridgehead atoms. The quantitative estimate of drug-likeness (QED) is 0.496. The molecule has 0 radical (unpaired) electrons. The molecule has 4 aromatic rings. The van der Waals surface area contributed by atoms with Crippen LogP contribution in [0.15, 0.2) is 83.3 Å². The number of thiazole rings is 1. The van der Waals surface area contributed by atoms with Crippen LogP contribution in [-0.4, -0.2) is 16.7 Å². The highest BCUT2D eigenvalue weighted by Crippen LogP contribution is 2.26. The van der Waals surface area contributed by atoms with Gasteiger partial charge in [0.05, 0.1) is 12.8 Å². The molecule has 4 nitrogen and oxygen atoms in total. The number of rotatable bonds is 4. The van der Waals surface area contributed by atoms with E-state index in [0.29, 0.717) is 5.82 Å². The number of ether oxygens (including phenoxy) is 1. The Bertz CT molecular complexity index is 1110. The molecule has 5 heteroatoms. The number of hydrogen-bond donors (Lipinski definition) is 0. The summed E-state index contributed by atoms with van der Waals surface area (Å²) in [5.41, 5.74) is 4.40. The highest BCUT2D eigenvalue weighted by atomic mass is 32.1. The van der Waals surface area contributed by atoms with Crippen molar-refractivity contribution in [3.63, 3.8) is 0 Å². The van der Waals surface area contributed by atoms with Crippen molar-refractivity contribution >= 4 is 17.2 Å². The predicted molar refractivity (Wildman–Crippen MR) is 110 cm³/mol. The van der Waals surface area contributed by atoms with Crippen molar-refractivity contribution in [1.82, 2.24) is 9.55 Å². The van der Waals surface area contributed by atoms with Crippen molar-refractivity contribution in [1.29, 1.82) is 0 Å². The van der Waals surface area contributed by atoms with Crippen molar-refractivity contribution in [2.75, 3.05) is 7.11 Å². The molecule has 0 aliphatic carbocycles. The van der Waals surface area contributed by atoms with E-state index in [1.807, 2.05) is 49.4 Å². The number of methoxy groups -OCH3 is 1. The maximum atomic E-state index is 5.28. The van der Waals surface area contributed by atoms with Crippen LogP contribution >= 0.6 is 11.3 Å². The molecular formula is C22H19N3OS. The molecule has 0 N–H and O–H groups in total. The van der Waals surface area contributed by atoms with Crippen LogP contribution in [0.25, 0.3) is 16.9 Å². The van der Waals surface area contributed by atoms with E-state index in [4.69, 9.17) is 9.73 Å². The molecule has 4 rings (SSSR count). The van der Waals surface area contributed by atoms with E-state index in [9.17, 15) is 0 Å². The van der Waals surface area contributed by atoms with Gasteiger partial charge in [0.1, 0.15) is 5.75 Å². The molecule has 2 aromatic carbocycles. The van der Waals surface area contributed by atoms with Gasteiger partial charge in [-0.25, -0.2) is 9.98 Å². The van der Waals surface area contributed by atoms with Crippen LogP contribution in [0.4, 0.5) is 5.82 Å². The number of benzene rings is 2. The van der Waals surface area contributed by atoms with Gasteiger partial charge in [0.15, 0.2) is 10.6 Å². The van der Waals surface area contributed by atoms with Gasteiger partial charge in [-0.05, 0) is 66.6 Å². The molecule has 0 aliphatic rings. The van der Waals surface area contributed by atoms with E-state index in [0.717, 1.165) is 33.1 Å². The SMILES string of the molecule is COc1ccc(-c2csc(=Nc3cc(C)ccn3)n2-c2ccccc2)cc1. The standard InChI is InChI=1S/C22H19N3OS/c1-16-12-13-23-21(14-16)24-22-25(18-6-4-3-5-7-18)20(15-27-22)17-8-10-19(26-2)11-9-17/h3-15H,1-2H3. The highest BCUT2D eigenvalue weighted by molar-refractivity contribution is 7.07. The van der Waals surface area contributed by atoms with Gasteiger partial charge in [0.25, 0.3) is 0 Å². The van der Waals surface area contributed by atoms with Crippen molar-refractivity contribution in [3.05, 3.63) is 88.7 Å². The van der Waals surface area contributed by atoms with Crippen LogP contribution in [-0.2, 0) is 0 Å². The van der Waals surface area contributed by atoms with Gasteiger partial charge < -0.3 is 4.74 Å². The maximum Gasteiger partial charge on any atom is 0.196 e. The summed E-state index contributed by atoms with van der Waals surface area (Å²) >= 11 is 1.60. The second-order valence-corrected chi connectivity index (χ2v) is 6.94. The Labute approximate surface area is 162 Å². The molecule has 2 aromatic heterocycles. The molecule has 0 spiro atoms. The van der Waals surface area contributed by atoms with Gasteiger partial charge in [-0.1, -0.05) is 18.2 Å². The van der Waals surface area contributed by atoms with Crippen LogP contribution < -0.4 is 9.54 Å². The zero-order chi connectivity index (χ0) is 18.6. The van der Waals surface area contributed by atoms with E-state index in [1.54, 1.807) is 24.6 Å². The molecule has 0 fully saturated rings. The Morgan fingerprint density at radius 3 is 2.48 bits per heavy atom. The average Bonchev–Trinajstić information content (AvgIpc) is 3.12. The Balaban J connectivity index is 1.91. The Kier molecular flexibility index (Phi) is 4.85. The molecule has 0 atom stereocenters. The fraction of sp³-hybridized carbons (Fsp3) is 0.0909. The van der Waals surface area contributed by atoms with Gasteiger partial charge in [0.2, 0.25) is 0 Å². The fourth-order valence-electron chi connectivity index (χ4n) is 2.86. The molecule has 27 heavy (non-hydrogen) atoms. The van der Waals surface area contributed by atoms with Crippen LogP contribution in [0.3, 0.4) is 0 Å². The summed E-state index contributed by atoms with van der Waals surface area (Å²) in [7, 11) is 1.68. The van der Waals surface area contributed by atoms with Crippen LogP contribution in [0, 0.1) is 6.92 Å². The topological polar surface area (TPSA) is 39.4 Å². The van der Waals surface area contributed by atoms with Crippen LogP contribution in [0.5, 0.6) is 5.75 Å². The highest BCUT2D eigenvalue weighted by Gasteiger charge is 2.10. The van der Waals surface area contributed by atoms with Crippen molar-refractivity contribution in [3.8, 4) is 22.7 Å². The zero-order valence-corrected chi connectivity index (χ0v) is 16.0. The first kappa shape index (κ1) is 17.2. The Morgan fingerprint density at radius 1 is 1.00 bits per heavy atom. The number of pyridine rings is 1. The number of aryl methyl sites for hydroxylation is 1.